The molecule has 0 unspecified atom stereocenters. The first-order valence-electron chi connectivity index (χ1n) is 8.62. The quantitative estimate of drug-likeness (QED) is 0.808. The number of anilines is 2. The highest BCUT2D eigenvalue weighted by Gasteiger charge is 2.29. The van der Waals surface area contributed by atoms with Gasteiger partial charge in [-0.3, -0.25) is 4.98 Å². The molecule has 0 bridgehead atoms. The molecule has 25 heavy (non-hydrogen) atoms. The molecule has 0 atom stereocenters. The van der Waals surface area contributed by atoms with Gasteiger partial charge in [0.05, 0.1) is 23.2 Å². The van der Waals surface area contributed by atoms with Crippen LogP contribution in [-0.4, -0.2) is 40.8 Å². The van der Waals surface area contributed by atoms with Crippen LogP contribution in [0.25, 0.3) is 11.3 Å². The molecule has 6 heteroatoms. The normalized spacial score (nSPS) is 23.3. The highest BCUT2D eigenvalue weighted by Crippen LogP contribution is 2.33. The highest BCUT2D eigenvalue weighted by atomic mass is 35.5. The van der Waals surface area contributed by atoms with Crippen molar-refractivity contribution in [1.29, 1.82) is 0 Å². The number of nitrogens with zero attached hydrogens (tertiary/aromatic N) is 3. The Morgan fingerprint density at radius 2 is 1.92 bits per heavy atom. The van der Waals surface area contributed by atoms with Crippen molar-refractivity contribution in [2.75, 3.05) is 24.3 Å². The molecule has 0 aliphatic heterocycles. The molecule has 2 heterocycles. The zero-order valence-corrected chi connectivity index (χ0v) is 15.7. The number of halogens is 1. The van der Waals surface area contributed by atoms with E-state index < -0.39 is 5.60 Å². The van der Waals surface area contributed by atoms with E-state index >= 15 is 0 Å². The summed E-state index contributed by atoms with van der Waals surface area (Å²) in [6, 6.07) is 6.21. The smallest absolute Gasteiger partial charge is 0.131 e. The van der Waals surface area contributed by atoms with Gasteiger partial charge in [-0.05, 0) is 50.8 Å². The fourth-order valence-corrected chi connectivity index (χ4v) is 3.33. The number of hydrogen-bond acceptors (Lipinski definition) is 5. The monoisotopic (exact) mass is 360 g/mol. The lowest BCUT2D eigenvalue weighted by Crippen LogP contribution is -2.35. The van der Waals surface area contributed by atoms with Gasteiger partial charge in [0.15, 0.2) is 0 Å². The first kappa shape index (κ1) is 18.0. The van der Waals surface area contributed by atoms with Crippen molar-refractivity contribution in [3.63, 3.8) is 0 Å². The molecular formula is C19H25ClN4O. The van der Waals surface area contributed by atoms with Crippen LogP contribution >= 0.6 is 11.6 Å². The molecule has 2 aromatic rings. The van der Waals surface area contributed by atoms with Gasteiger partial charge in [-0.1, -0.05) is 11.6 Å². The van der Waals surface area contributed by atoms with E-state index in [0.717, 1.165) is 48.3 Å². The summed E-state index contributed by atoms with van der Waals surface area (Å²) in [5, 5.41) is 14.2. The maximum absolute atomic E-state index is 10.1. The molecule has 1 fully saturated rings. The van der Waals surface area contributed by atoms with Gasteiger partial charge in [0, 0.05) is 37.6 Å². The molecule has 2 N–H and O–H groups in total. The van der Waals surface area contributed by atoms with Gasteiger partial charge in [0.2, 0.25) is 0 Å². The first-order valence-corrected chi connectivity index (χ1v) is 9.00. The SMILES string of the molecule is CN(C)c1ccc(-c2cnc(Cl)cc2NC2CCC(C)(O)CC2)nc1. The van der Waals surface area contributed by atoms with Gasteiger partial charge in [0.25, 0.3) is 0 Å². The van der Waals surface area contributed by atoms with Crippen molar-refractivity contribution >= 4 is 23.0 Å². The molecule has 2 aromatic heterocycles. The summed E-state index contributed by atoms with van der Waals surface area (Å²) in [5.41, 5.74) is 3.25. The zero-order chi connectivity index (χ0) is 18.0. The van der Waals surface area contributed by atoms with Crippen LogP contribution < -0.4 is 10.2 Å². The Morgan fingerprint density at radius 3 is 2.52 bits per heavy atom. The molecule has 1 aliphatic carbocycles. The van der Waals surface area contributed by atoms with E-state index in [1.807, 2.05) is 50.3 Å². The summed E-state index contributed by atoms with van der Waals surface area (Å²) in [6.07, 6.45) is 7.08. The van der Waals surface area contributed by atoms with Gasteiger partial charge in [-0.15, -0.1) is 0 Å². The third-order valence-corrected chi connectivity index (χ3v) is 5.04. The predicted octanol–water partition coefficient (Wildman–Crippen LogP) is 3.97. The lowest BCUT2D eigenvalue weighted by Gasteiger charge is -2.34. The zero-order valence-electron chi connectivity index (χ0n) is 15.0. The Hall–Kier alpha value is -1.85. The lowest BCUT2D eigenvalue weighted by molar-refractivity contribution is 0.0196. The lowest BCUT2D eigenvalue weighted by atomic mass is 9.83. The van der Waals surface area contributed by atoms with Gasteiger partial charge in [-0.2, -0.15) is 0 Å². The summed E-state index contributed by atoms with van der Waals surface area (Å²) in [5.74, 6) is 0. The summed E-state index contributed by atoms with van der Waals surface area (Å²) < 4.78 is 0. The standard InChI is InChI=1S/C19H25ClN4O/c1-19(25)8-6-13(7-9-19)23-17-10-18(20)22-12-15(17)16-5-4-14(11-21-16)24(2)3/h4-5,10-13,25H,6-9H2,1-3H3,(H,22,23). The minimum atomic E-state index is -0.541. The average molecular weight is 361 g/mol. The molecule has 5 nitrogen and oxygen atoms in total. The number of pyridine rings is 2. The molecule has 134 valence electrons. The van der Waals surface area contributed by atoms with Gasteiger partial charge < -0.3 is 15.3 Å². The van der Waals surface area contributed by atoms with Gasteiger partial charge >= 0.3 is 0 Å². The number of aromatic nitrogens is 2. The van der Waals surface area contributed by atoms with Gasteiger partial charge in [0.1, 0.15) is 5.15 Å². The third-order valence-electron chi connectivity index (χ3n) is 4.83. The summed E-state index contributed by atoms with van der Waals surface area (Å²) in [4.78, 5) is 10.8. The molecule has 1 aliphatic rings. The third kappa shape index (κ3) is 4.41. The summed E-state index contributed by atoms with van der Waals surface area (Å²) >= 11 is 6.12. The van der Waals surface area contributed by atoms with Crippen LogP contribution in [0.4, 0.5) is 11.4 Å². The molecule has 1 saturated carbocycles. The largest absolute Gasteiger partial charge is 0.390 e. The topological polar surface area (TPSA) is 61.3 Å². The second-order valence-corrected chi connectivity index (χ2v) is 7.65. The summed E-state index contributed by atoms with van der Waals surface area (Å²) in [6.45, 7) is 1.91. The number of aliphatic hydroxyl groups is 1. The highest BCUT2D eigenvalue weighted by molar-refractivity contribution is 6.29. The second-order valence-electron chi connectivity index (χ2n) is 7.26. The maximum Gasteiger partial charge on any atom is 0.131 e. The van der Waals surface area contributed by atoms with E-state index in [2.05, 4.69) is 15.3 Å². The minimum absolute atomic E-state index is 0.318. The van der Waals surface area contributed by atoms with E-state index in [-0.39, 0.29) is 0 Å². The summed E-state index contributed by atoms with van der Waals surface area (Å²) in [7, 11) is 3.98. The Bertz CT molecular complexity index is 721. The van der Waals surface area contributed by atoms with Crippen LogP contribution in [0.5, 0.6) is 0 Å². The molecule has 3 rings (SSSR count). The van der Waals surface area contributed by atoms with Crippen molar-refractivity contribution in [2.24, 2.45) is 0 Å². The Morgan fingerprint density at radius 1 is 1.20 bits per heavy atom. The van der Waals surface area contributed by atoms with Crippen LogP contribution in [0, 0.1) is 0 Å². The maximum atomic E-state index is 10.1. The van der Waals surface area contributed by atoms with Crippen LogP contribution in [0.1, 0.15) is 32.6 Å². The predicted molar refractivity (Wildman–Crippen MR) is 103 cm³/mol. The van der Waals surface area contributed by atoms with Gasteiger partial charge in [-0.25, -0.2) is 4.98 Å². The molecule has 0 radical (unpaired) electrons. The fraction of sp³-hybridized carbons (Fsp3) is 0.474. The van der Waals surface area contributed by atoms with Crippen LogP contribution in [0.15, 0.2) is 30.6 Å². The Labute approximate surface area is 154 Å². The van der Waals surface area contributed by atoms with Crippen molar-refractivity contribution in [2.45, 2.75) is 44.2 Å². The average Bonchev–Trinajstić information content (AvgIpc) is 2.57. The molecule has 0 spiro atoms. The number of hydrogen-bond donors (Lipinski definition) is 2. The Kier molecular flexibility index (Phi) is 5.16. The van der Waals surface area contributed by atoms with E-state index in [1.54, 1.807) is 6.20 Å². The van der Waals surface area contributed by atoms with Crippen molar-refractivity contribution in [3.05, 3.63) is 35.7 Å². The van der Waals surface area contributed by atoms with Crippen LogP contribution in [0.3, 0.4) is 0 Å². The fourth-order valence-electron chi connectivity index (χ4n) is 3.17. The van der Waals surface area contributed by atoms with Crippen molar-refractivity contribution in [3.8, 4) is 11.3 Å². The van der Waals surface area contributed by atoms with Crippen molar-refractivity contribution in [1.82, 2.24) is 9.97 Å². The Balaban J connectivity index is 1.83. The van der Waals surface area contributed by atoms with Crippen LogP contribution in [0.2, 0.25) is 5.15 Å². The molecule has 0 saturated heterocycles. The molecule has 0 aromatic carbocycles. The number of rotatable bonds is 4. The van der Waals surface area contributed by atoms with E-state index in [0.29, 0.717) is 11.2 Å². The molecular weight excluding hydrogens is 336 g/mol. The second kappa shape index (κ2) is 7.18. The van der Waals surface area contributed by atoms with E-state index in [4.69, 9.17) is 11.6 Å². The van der Waals surface area contributed by atoms with E-state index in [1.165, 1.54) is 0 Å². The minimum Gasteiger partial charge on any atom is -0.390 e. The van der Waals surface area contributed by atoms with E-state index in [9.17, 15) is 5.11 Å². The molecule has 0 amide bonds. The van der Waals surface area contributed by atoms with Crippen LogP contribution in [-0.2, 0) is 0 Å². The first-order chi connectivity index (χ1) is 11.8. The number of nitrogens with one attached hydrogen (secondary N) is 1. The van der Waals surface area contributed by atoms with Crippen molar-refractivity contribution < 1.29 is 5.11 Å².